The Kier molecular flexibility index (Phi) is 6.23. The van der Waals surface area contributed by atoms with Crippen LogP contribution in [-0.2, 0) is 11.3 Å². The number of hydrogen-bond acceptors (Lipinski definition) is 7. The van der Waals surface area contributed by atoms with Crippen LogP contribution >= 0.6 is 0 Å². The number of aromatic nitrogens is 2. The zero-order valence-electron chi connectivity index (χ0n) is 14.9. The molecule has 1 unspecified atom stereocenters. The van der Waals surface area contributed by atoms with Crippen molar-refractivity contribution < 1.29 is 18.2 Å². The summed E-state index contributed by atoms with van der Waals surface area (Å²) in [6, 6.07) is 3.78. The summed E-state index contributed by atoms with van der Waals surface area (Å²) in [6.45, 7) is 2.26. The topological polar surface area (TPSA) is 99.6 Å². The minimum atomic E-state index is -2.18. The predicted octanol–water partition coefficient (Wildman–Crippen LogP) is 1.64. The van der Waals surface area contributed by atoms with Crippen LogP contribution in [0.5, 0.6) is 11.5 Å². The van der Waals surface area contributed by atoms with Gasteiger partial charge in [-0.2, -0.15) is 0 Å². The van der Waals surface area contributed by atoms with E-state index in [9.17, 15) is 8.76 Å². The molecule has 0 spiro atoms. The summed E-state index contributed by atoms with van der Waals surface area (Å²) in [5.41, 5.74) is 0.817. The molecule has 9 heteroatoms. The van der Waals surface area contributed by atoms with Gasteiger partial charge in [-0.1, -0.05) is 0 Å². The second-order valence-electron chi connectivity index (χ2n) is 6.27. The fourth-order valence-electron chi connectivity index (χ4n) is 3.40. The van der Waals surface area contributed by atoms with Gasteiger partial charge in [0.1, 0.15) is 12.1 Å². The van der Waals surface area contributed by atoms with Gasteiger partial charge in [0.05, 0.1) is 19.7 Å². The van der Waals surface area contributed by atoms with Crippen LogP contribution in [0.2, 0.25) is 0 Å². The summed E-state index contributed by atoms with van der Waals surface area (Å²) in [4.78, 5) is 11.1. The van der Waals surface area contributed by atoms with E-state index in [1.54, 1.807) is 20.5 Å². The first kappa shape index (κ1) is 18.8. The van der Waals surface area contributed by atoms with E-state index in [0.29, 0.717) is 24.0 Å². The van der Waals surface area contributed by atoms with Crippen molar-refractivity contribution in [3.8, 4) is 11.5 Å². The Hall–Kier alpha value is -1.97. The van der Waals surface area contributed by atoms with Crippen LogP contribution in [0.15, 0.2) is 18.5 Å². The molecule has 0 aliphatic carbocycles. The van der Waals surface area contributed by atoms with Crippen molar-refractivity contribution in [3.05, 3.63) is 18.5 Å². The summed E-state index contributed by atoms with van der Waals surface area (Å²) in [5.74, 6) is 2.72. The number of benzene rings is 1. The second kappa shape index (κ2) is 8.61. The highest BCUT2D eigenvalue weighted by Crippen LogP contribution is 2.35. The number of hydrogen-bond donors (Lipinski definition) is 1. The summed E-state index contributed by atoms with van der Waals surface area (Å²) in [6.07, 6.45) is 4.44. The van der Waals surface area contributed by atoms with Crippen molar-refractivity contribution in [1.82, 2.24) is 14.7 Å². The first-order valence-corrected chi connectivity index (χ1v) is 9.64. The molecule has 8 nitrogen and oxygen atoms in total. The highest BCUT2D eigenvalue weighted by molar-refractivity contribution is 7.77. The largest absolute Gasteiger partial charge is 0.760 e. The third-order valence-electron chi connectivity index (χ3n) is 4.81. The smallest absolute Gasteiger partial charge is 0.162 e. The number of methoxy groups -OCH3 is 2. The number of fused-ring (bicyclic) bond motifs is 1. The van der Waals surface area contributed by atoms with Gasteiger partial charge in [-0.3, -0.25) is 4.21 Å². The Morgan fingerprint density at radius 3 is 2.58 bits per heavy atom. The summed E-state index contributed by atoms with van der Waals surface area (Å²) >= 11 is -2.18. The predicted molar refractivity (Wildman–Crippen MR) is 99.1 cm³/mol. The van der Waals surface area contributed by atoms with E-state index in [4.69, 9.17) is 9.47 Å². The van der Waals surface area contributed by atoms with Gasteiger partial charge < -0.3 is 18.9 Å². The zero-order chi connectivity index (χ0) is 18.5. The molecule has 1 saturated heterocycles. The fraction of sp³-hybridized carbons (Fsp3) is 0.529. The standard InChI is InChI=1S/C17H24N4O4S/c1-24-15-9-13-14(10-16(15)25-2)18-11-19-17(13)21-7-4-12(5-8-21)3-6-20-26(22)23/h9-12,20H,3-8H2,1-2H3,(H,22,23)/p-1. The number of piperidine rings is 1. The third-order valence-corrected chi connectivity index (χ3v) is 5.25. The lowest BCUT2D eigenvalue weighted by Gasteiger charge is -2.33. The van der Waals surface area contributed by atoms with Crippen molar-refractivity contribution in [1.29, 1.82) is 0 Å². The molecule has 0 bridgehead atoms. The number of anilines is 1. The van der Waals surface area contributed by atoms with Gasteiger partial charge in [0.2, 0.25) is 0 Å². The van der Waals surface area contributed by atoms with Crippen molar-refractivity contribution in [2.45, 2.75) is 19.3 Å². The molecule has 0 saturated carbocycles. The van der Waals surface area contributed by atoms with E-state index in [1.165, 1.54) is 0 Å². The molecule has 142 valence electrons. The van der Waals surface area contributed by atoms with E-state index in [-0.39, 0.29) is 0 Å². The molecule has 3 rings (SSSR count). The molecule has 1 aromatic carbocycles. The third kappa shape index (κ3) is 4.22. The van der Waals surface area contributed by atoms with Gasteiger partial charge in [0, 0.05) is 42.4 Å². The van der Waals surface area contributed by atoms with Crippen LogP contribution in [-0.4, -0.2) is 52.6 Å². The van der Waals surface area contributed by atoms with Crippen molar-refractivity contribution in [2.24, 2.45) is 5.92 Å². The number of nitrogens with zero attached hydrogens (tertiary/aromatic N) is 3. The van der Waals surface area contributed by atoms with Crippen molar-refractivity contribution in [3.63, 3.8) is 0 Å². The normalized spacial score (nSPS) is 16.7. The van der Waals surface area contributed by atoms with E-state index in [0.717, 1.165) is 49.1 Å². The lowest BCUT2D eigenvalue weighted by molar-refractivity contribution is 0.355. The van der Waals surface area contributed by atoms with Crippen LogP contribution in [0.3, 0.4) is 0 Å². The summed E-state index contributed by atoms with van der Waals surface area (Å²) in [7, 11) is 3.22. The molecule has 2 aromatic rings. The van der Waals surface area contributed by atoms with Crippen LogP contribution in [0.4, 0.5) is 5.82 Å². The van der Waals surface area contributed by atoms with Gasteiger partial charge in [0.25, 0.3) is 0 Å². The quantitative estimate of drug-likeness (QED) is 0.730. The maximum Gasteiger partial charge on any atom is 0.162 e. The Morgan fingerprint density at radius 2 is 1.92 bits per heavy atom. The maximum absolute atomic E-state index is 10.5. The van der Waals surface area contributed by atoms with E-state index in [2.05, 4.69) is 19.6 Å². The highest BCUT2D eigenvalue weighted by Gasteiger charge is 2.22. The van der Waals surface area contributed by atoms with Crippen LogP contribution in [0, 0.1) is 5.92 Å². The lowest BCUT2D eigenvalue weighted by atomic mass is 9.93. The summed E-state index contributed by atoms with van der Waals surface area (Å²) in [5, 5.41) is 0.937. The average Bonchev–Trinajstić information content (AvgIpc) is 2.66. The van der Waals surface area contributed by atoms with Crippen LogP contribution in [0.1, 0.15) is 19.3 Å². The molecule has 2 heterocycles. The summed E-state index contributed by atoms with van der Waals surface area (Å²) < 4.78 is 34.3. The van der Waals surface area contributed by atoms with Crippen molar-refractivity contribution >= 4 is 28.0 Å². The van der Waals surface area contributed by atoms with E-state index in [1.807, 2.05) is 12.1 Å². The van der Waals surface area contributed by atoms with Crippen LogP contribution < -0.4 is 19.1 Å². The number of rotatable bonds is 7. The van der Waals surface area contributed by atoms with E-state index >= 15 is 0 Å². The van der Waals surface area contributed by atoms with Crippen molar-refractivity contribution in [2.75, 3.05) is 38.8 Å². The van der Waals surface area contributed by atoms with Gasteiger partial charge in [-0.15, -0.1) is 0 Å². The molecule has 1 atom stereocenters. The molecule has 26 heavy (non-hydrogen) atoms. The Balaban J connectivity index is 1.74. The second-order valence-corrected chi connectivity index (χ2v) is 7.03. The molecule has 1 N–H and O–H groups in total. The maximum atomic E-state index is 10.5. The van der Waals surface area contributed by atoms with E-state index < -0.39 is 11.3 Å². The monoisotopic (exact) mass is 379 g/mol. The molecule has 1 aromatic heterocycles. The minimum absolute atomic E-state index is 0.494. The first-order chi connectivity index (χ1) is 12.6. The lowest BCUT2D eigenvalue weighted by Crippen LogP contribution is -2.35. The Morgan fingerprint density at radius 1 is 1.23 bits per heavy atom. The van der Waals surface area contributed by atoms with Gasteiger partial charge in [-0.05, 0) is 31.2 Å². The SMILES string of the molecule is COc1cc2ncnc(N3CCC(CCNS(=O)[O-])CC3)c2cc1OC. The first-order valence-electron chi connectivity index (χ1n) is 8.56. The molecule has 0 amide bonds. The molecule has 1 aliphatic rings. The molecule has 1 fully saturated rings. The average molecular weight is 379 g/mol. The number of ether oxygens (including phenoxy) is 2. The van der Waals surface area contributed by atoms with Gasteiger partial charge in [0.15, 0.2) is 11.5 Å². The fourth-order valence-corrected chi connectivity index (χ4v) is 3.69. The van der Waals surface area contributed by atoms with Gasteiger partial charge in [-0.25, -0.2) is 14.7 Å². The number of nitrogens with one attached hydrogen (secondary N) is 1. The van der Waals surface area contributed by atoms with Gasteiger partial charge >= 0.3 is 0 Å². The highest BCUT2D eigenvalue weighted by atomic mass is 32.2. The molecule has 1 aliphatic heterocycles. The van der Waals surface area contributed by atoms with Crippen LogP contribution in [0.25, 0.3) is 10.9 Å². The Labute approximate surface area is 155 Å². The molecule has 0 radical (unpaired) electrons. The zero-order valence-corrected chi connectivity index (χ0v) is 15.8. The molecular formula is C17H23N4O4S-. The minimum Gasteiger partial charge on any atom is -0.760 e. The molecular weight excluding hydrogens is 356 g/mol. The Bertz CT molecular complexity index is 781.